The number of alkyl halides is 1. The third-order valence-corrected chi connectivity index (χ3v) is 2.36. The molecule has 0 bridgehead atoms. The van der Waals surface area contributed by atoms with Crippen LogP contribution in [0.1, 0.15) is 26.3 Å². The molecule has 0 aliphatic rings. The minimum Gasteiger partial charge on any atom is -0.384 e. The van der Waals surface area contributed by atoms with Crippen molar-refractivity contribution in [3.8, 4) is 0 Å². The van der Waals surface area contributed by atoms with Gasteiger partial charge in [-0.15, -0.1) is 11.6 Å². The molecule has 1 rings (SSSR count). The summed E-state index contributed by atoms with van der Waals surface area (Å²) < 4.78 is 0. The molecule has 1 aromatic carbocycles. The van der Waals surface area contributed by atoms with Crippen molar-refractivity contribution in [3.63, 3.8) is 0 Å². The van der Waals surface area contributed by atoms with Gasteiger partial charge in [-0.2, -0.15) is 0 Å². The van der Waals surface area contributed by atoms with Gasteiger partial charge in [0.1, 0.15) is 0 Å². The molecule has 1 aromatic rings. The van der Waals surface area contributed by atoms with Gasteiger partial charge < -0.3 is 5.32 Å². The Balaban J connectivity index is 2.69. The summed E-state index contributed by atoms with van der Waals surface area (Å²) >= 11 is 5.59. The molecule has 0 saturated heterocycles. The number of anilines is 1. The molecule has 0 aliphatic carbocycles. The van der Waals surface area contributed by atoms with Crippen molar-refractivity contribution < 1.29 is 0 Å². The summed E-state index contributed by atoms with van der Waals surface area (Å²) in [5.74, 6) is 0.640. The second-order valence-corrected chi connectivity index (χ2v) is 4.82. The second kappa shape index (κ2) is 4.70. The topological polar surface area (TPSA) is 12.0 Å². The molecular weight excluding hydrogens is 194 g/mol. The Hall–Kier alpha value is -0.690. The summed E-state index contributed by atoms with van der Waals surface area (Å²) in [5.41, 5.74) is 2.72. The average Bonchev–Trinajstić information content (AvgIpc) is 2.14. The quantitative estimate of drug-likeness (QED) is 0.753. The Labute approximate surface area is 91.5 Å². The first-order valence-corrected chi connectivity index (χ1v) is 5.48. The summed E-state index contributed by atoms with van der Waals surface area (Å²) in [4.78, 5) is 0. The van der Waals surface area contributed by atoms with Gasteiger partial charge in [-0.05, 0) is 23.1 Å². The molecule has 0 heterocycles. The predicted octanol–water partition coefficient (Wildman–Crippen LogP) is 3.63. The number of rotatable bonds is 3. The van der Waals surface area contributed by atoms with E-state index in [4.69, 9.17) is 11.6 Å². The standard InChI is InChI=1S/C12H18ClN/c1-12(2,3)10-4-6-11(7-5-10)14-9-8-13/h4-7,14H,8-9H2,1-3H3. The van der Waals surface area contributed by atoms with Crippen molar-refractivity contribution in [1.82, 2.24) is 0 Å². The fourth-order valence-corrected chi connectivity index (χ4v) is 1.37. The molecule has 1 nitrogen and oxygen atoms in total. The fraction of sp³-hybridized carbons (Fsp3) is 0.500. The van der Waals surface area contributed by atoms with Gasteiger partial charge in [-0.1, -0.05) is 32.9 Å². The molecule has 0 radical (unpaired) electrons. The minimum absolute atomic E-state index is 0.227. The number of hydrogen-bond donors (Lipinski definition) is 1. The van der Waals surface area contributed by atoms with E-state index in [1.807, 2.05) is 0 Å². The van der Waals surface area contributed by atoms with Crippen LogP contribution in [-0.2, 0) is 5.41 Å². The van der Waals surface area contributed by atoms with E-state index < -0.39 is 0 Å². The van der Waals surface area contributed by atoms with E-state index in [0.29, 0.717) is 5.88 Å². The molecule has 0 aromatic heterocycles. The summed E-state index contributed by atoms with van der Waals surface area (Å²) in [6, 6.07) is 8.54. The monoisotopic (exact) mass is 211 g/mol. The van der Waals surface area contributed by atoms with Crippen LogP contribution in [0.2, 0.25) is 0 Å². The molecule has 0 atom stereocenters. The van der Waals surface area contributed by atoms with Crippen LogP contribution in [0, 0.1) is 0 Å². The summed E-state index contributed by atoms with van der Waals surface area (Å²) in [6.07, 6.45) is 0. The van der Waals surface area contributed by atoms with Crippen molar-refractivity contribution in [2.45, 2.75) is 26.2 Å². The van der Waals surface area contributed by atoms with E-state index in [1.54, 1.807) is 0 Å². The van der Waals surface area contributed by atoms with E-state index in [1.165, 1.54) is 5.56 Å². The molecule has 0 amide bonds. The Morgan fingerprint density at radius 2 is 1.71 bits per heavy atom. The maximum absolute atomic E-state index is 5.59. The molecule has 2 heteroatoms. The van der Waals surface area contributed by atoms with Gasteiger partial charge in [0.15, 0.2) is 0 Å². The van der Waals surface area contributed by atoms with Crippen molar-refractivity contribution in [1.29, 1.82) is 0 Å². The van der Waals surface area contributed by atoms with Gasteiger partial charge in [0, 0.05) is 18.1 Å². The lowest BCUT2D eigenvalue weighted by Gasteiger charge is -2.19. The van der Waals surface area contributed by atoms with Crippen LogP contribution in [0.5, 0.6) is 0 Å². The maximum atomic E-state index is 5.59. The fourth-order valence-electron chi connectivity index (χ4n) is 1.28. The molecule has 0 aliphatic heterocycles. The van der Waals surface area contributed by atoms with Crippen LogP contribution >= 0.6 is 11.6 Å². The van der Waals surface area contributed by atoms with E-state index >= 15 is 0 Å². The third kappa shape index (κ3) is 3.22. The third-order valence-electron chi connectivity index (χ3n) is 2.17. The van der Waals surface area contributed by atoms with E-state index in [2.05, 4.69) is 50.4 Å². The Bertz CT molecular complexity index is 271. The Morgan fingerprint density at radius 3 is 2.14 bits per heavy atom. The zero-order chi connectivity index (χ0) is 10.6. The lowest BCUT2D eigenvalue weighted by molar-refractivity contribution is 0.590. The van der Waals surface area contributed by atoms with Crippen LogP contribution in [0.15, 0.2) is 24.3 Å². The average molecular weight is 212 g/mol. The first kappa shape index (κ1) is 11.4. The molecule has 14 heavy (non-hydrogen) atoms. The number of benzene rings is 1. The minimum atomic E-state index is 0.227. The number of hydrogen-bond acceptors (Lipinski definition) is 1. The molecular formula is C12H18ClN. The van der Waals surface area contributed by atoms with Crippen molar-refractivity contribution in [3.05, 3.63) is 29.8 Å². The van der Waals surface area contributed by atoms with Crippen molar-refractivity contribution in [2.24, 2.45) is 0 Å². The Kier molecular flexibility index (Phi) is 3.82. The van der Waals surface area contributed by atoms with Gasteiger partial charge in [0.25, 0.3) is 0 Å². The summed E-state index contributed by atoms with van der Waals surface area (Å²) in [5, 5.41) is 3.24. The van der Waals surface area contributed by atoms with Crippen LogP contribution < -0.4 is 5.32 Å². The first-order chi connectivity index (χ1) is 6.54. The van der Waals surface area contributed by atoms with Crippen molar-refractivity contribution >= 4 is 17.3 Å². The predicted molar refractivity (Wildman–Crippen MR) is 64.4 cm³/mol. The Morgan fingerprint density at radius 1 is 1.14 bits per heavy atom. The van der Waals surface area contributed by atoms with Crippen LogP contribution in [0.25, 0.3) is 0 Å². The molecule has 78 valence electrons. The normalized spacial score (nSPS) is 11.4. The zero-order valence-electron chi connectivity index (χ0n) is 9.10. The molecule has 1 N–H and O–H groups in total. The number of nitrogens with one attached hydrogen (secondary N) is 1. The van der Waals surface area contributed by atoms with Gasteiger partial charge in [-0.3, -0.25) is 0 Å². The van der Waals surface area contributed by atoms with Gasteiger partial charge in [-0.25, -0.2) is 0 Å². The highest BCUT2D eigenvalue weighted by Gasteiger charge is 2.12. The van der Waals surface area contributed by atoms with E-state index in [-0.39, 0.29) is 5.41 Å². The SMILES string of the molecule is CC(C)(C)c1ccc(NCCCl)cc1. The highest BCUT2D eigenvalue weighted by atomic mass is 35.5. The van der Waals surface area contributed by atoms with Gasteiger partial charge in [0.2, 0.25) is 0 Å². The highest BCUT2D eigenvalue weighted by Crippen LogP contribution is 2.23. The van der Waals surface area contributed by atoms with E-state index in [9.17, 15) is 0 Å². The summed E-state index contributed by atoms with van der Waals surface area (Å²) in [7, 11) is 0. The molecule has 0 spiro atoms. The lowest BCUT2D eigenvalue weighted by Crippen LogP contribution is -2.11. The van der Waals surface area contributed by atoms with Gasteiger partial charge >= 0.3 is 0 Å². The zero-order valence-corrected chi connectivity index (χ0v) is 9.86. The second-order valence-electron chi connectivity index (χ2n) is 4.44. The van der Waals surface area contributed by atoms with Crippen molar-refractivity contribution in [2.75, 3.05) is 17.7 Å². The maximum Gasteiger partial charge on any atom is 0.0396 e. The van der Waals surface area contributed by atoms with Crippen LogP contribution in [0.3, 0.4) is 0 Å². The van der Waals surface area contributed by atoms with Crippen LogP contribution in [-0.4, -0.2) is 12.4 Å². The number of halogens is 1. The molecule has 0 fully saturated rings. The van der Waals surface area contributed by atoms with Gasteiger partial charge in [0.05, 0.1) is 0 Å². The molecule has 0 saturated carbocycles. The lowest BCUT2D eigenvalue weighted by atomic mass is 9.87. The van der Waals surface area contributed by atoms with E-state index in [0.717, 1.165) is 12.2 Å². The highest BCUT2D eigenvalue weighted by molar-refractivity contribution is 6.18. The largest absolute Gasteiger partial charge is 0.384 e. The smallest absolute Gasteiger partial charge is 0.0396 e. The van der Waals surface area contributed by atoms with Crippen LogP contribution in [0.4, 0.5) is 5.69 Å². The molecule has 0 unspecified atom stereocenters. The first-order valence-electron chi connectivity index (χ1n) is 4.94. The summed E-state index contributed by atoms with van der Waals surface area (Å²) in [6.45, 7) is 7.47.